The maximum atomic E-state index is 13.1. The molecule has 33 heavy (non-hydrogen) atoms. The third-order valence-electron chi connectivity index (χ3n) is 5.66. The molecule has 0 bridgehead atoms. The Hall–Kier alpha value is -3.32. The highest BCUT2D eigenvalue weighted by atomic mass is 32.2. The molecule has 1 atom stereocenters. The Morgan fingerprint density at radius 2 is 1.88 bits per heavy atom. The molecular formula is C26H28N4O2S. The van der Waals surface area contributed by atoms with Crippen molar-refractivity contribution in [1.29, 1.82) is 0 Å². The van der Waals surface area contributed by atoms with Gasteiger partial charge in [-0.2, -0.15) is 0 Å². The molecule has 2 N–H and O–H groups in total. The third kappa shape index (κ3) is 5.37. The lowest BCUT2D eigenvalue weighted by atomic mass is 10.0. The van der Waals surface area contributed by atoms with E-state index in [2.05, 4.69) is 34.7 Å². The molecule has 1 unspecified atom stereocenters. The predicted molar refractivity (Wildman–Crippen MR) is 134 cm³/mol. The molecular weight excluding hydrogens is 432 g/mol. The molecule has 3 aromatic rings. The van der Waals surface area contributed by atoms with E-state index < -0.39 is 0 Å². The summed E-state index contributed by atoms with van der Waals surface area (Å²) in [6.07, 6.45) is 0. The number of pyridine rings is 1. The number of nitrogens with zero attached hydrogens (tertiary/aromatic N) is 2. The lowest BCUT2D eigenvalue weighted by Gasteiger charge is -2.30. The van der Waals surface area contributed by atoms with Crippen LogP contribution >= 0.6 is 11.8 Å². The van der Waals surface area contributed by atoms with Gasteiger partial charge in [0, 0.05) is 35.8 Å². The van der Waals surface area contributed by atoms with Gasteiger partial charge in [-0.15, -0.1) is 11.8 Å². The van der Waals surface area contributed by atoms with Gasteiger partial charge >= 0.3 is 6.03 Å². The van der Waals surface area contributed by atoms with Gasteiger partial charge in [-0.05, 0) is 55.2 Å². The van der Waals surface area contributed by atoms with E-state index in [9.17, 15) is 9.59 Å². The van der Waals surface area contributed by atoms with Gasteiger partial charge in [0.25, 0.3) is 5.91 Å². The first kappa shape index (κ1) is 22.9. The van der Waals surface area contributed by atoms with Gasteiger partial charge < -0.3 is 10.6 Å². The van der Waals surface area contributed by atoms with Crippen molar-refractivity contribution in [3.8, 4) is 0 Å². The summed E-state index contributed by atoms with van der Waals surface area (Å²) in [5.74, 6) is 0.831. The van der Waals surface area contributed by atoms with Crippen molar-refractivity contribution >= 4 is 35.1 Å². The molecule has 2 aromatic carbocycles. The van der Waals surface area contributed by atoms with Gasteiger partial charge in [0.2, 0.25) is 0 Å². The summed E-state index contributed by atoms with van der Waals surface area (Å²) in [7, 11) is 0. The van der Waals surface area contributed by atoms with Crippen molar-refractivity contribution in [3.63, 3.8) is 0 Å². The minimum Gasteiger partial charge on any atom is -0.351 e. The number of carbonyl (C=O) groups excluding carboxylic acids is 2. The zero-order valence-corrected chi connectivity index (χ0v) is 19.9. The van der Waals surface area contributed by atoms with Crippen molar-refractivity contribution < 1.29 is 9.59 Å². The second-order valence-electron chi connectivity index (χ2n) is 8.27. The maximum Gasteiger partial charge on any atom is 0.326 e. The number of thioether (sulfide) groups is 1. The number of aromatic nitrogens is 1. The number of urea groups is 1. The van der Waals surface area contributed by atoms with E-state index in [4.69, 9.17) is 0 Å². The molecule has 6 nitrogen and oxygen atoms in total. The Morgan fingerprint density at radius 3 is 2.67 bits per heavy atom. The minimum absolute atomic E-state index is 0.163. The van der Waals surface area contributed by atoms with Gasteiger partial charge in [-0.25, -0.2) is 9.78 Å². The Bertz CT molecular complexity index is 1170. The van der Waals surface area contributed by atoms with E-state index in [0.717, 1.165) is 27.7 Å². The largest absolute Gasteiger partial charge is 0.351 e. The summed E-state index contributed by atoms with van der Waals surface area (Å²) >= 11 is 1.67. The monoisotopic (exact) mass is 460 g/mol. The van der Waals surface area contributed by atoms with E-state index in [1.807, 2.05) is 38.1 Å². The smallest absolute Gasteiger partial charge is 0.326 e. The summed E-state index contributed by atoms with van der Waals surface area (Å²) in [6.45, 7) is 7.18. The number of benzene rings is 2. The molecule has 0 saturated heterocycles. The molecule has 1 aromatic heterocycles. The molecule has 2 heterocycles. The SMILES string of the molecule is Cc1cc(C)c2c(n1)SCCN2C(=O)Nc1cccc(C(=O)NCC(C)c2ccccc2)c1. The lowest BCUT2D eigenvalue weighted by molar-refractivity contribution is 0.0951. The highest BCUT2D eigenvalue weighted by Gasteiger charge is 2.26. The number of nitrogens with one attached hydrogen (secondary N) is 2. The average Bonchev–Trinajstić information content (AvgIpc) is 2.82. The second kappa shape index (κ2) is 10.1. The Morgan fingerprint density at radius 1 is 1.09 bits per heavy atom. The van der Waals surface area contributed by atoms with Crippen molar-refractivity contribution in [1.82, 2.24) is 10.3 Å². The van der Waals surface area contributed by atoms with Crippen molar-refractivity contribution in [2.45, 2.75) is 31.7 Å². The van der Waals surface area contributed by atoms with E-state index in [-0.39, 0.29) is 17.9 Å². The van der Waals surface area contributed by atoms with Gasteiger partial charge in [-0.1, -0.05) is 43.3 Å². The zero-order chi connectivity index (χ0) is 23.4. The normalized spacial score (nSPS) is 13.7. The Balaban J connectivity index is 1.42. The first-order valence-electron chi connectivity index (χ1n) is 11.0. The number of aryl methyl sites for hydroxylation is 2. The van der Waals surface area contributed by atoms with Crippen LogP contribution in [-0.4, -0.2) is 35.8 Å². The molecule has 0 radical (unpaired) electrons. The summed E-state index contributed by atoms with van der Waals surface area (Å²) in [5.41, 5.74) is 5.11. The summed E-state index contributed by atoms with van der Waals surface area (Å²) in [6, 6.07) is 18.9. The number of amides is 3. The van der Waals surface area contributed by atoms with Crippen LogP contribution in [0.25, 0.3) is 0 Å². The van der Waals surface area contributed by atoms with Crippen LogP contribution in [0.5, 0.6) is 0 Å². The first-order chi connectivity index (χ1) is 15.9. The van der Waals surface area contributed by atoms with Crippen LogP contribution < -0.4 is 15.5 Å². The van der Waals surface area contributed by atoms with E-state index in [1.54, 1.807) is 40.9 Å². The first-order valence-corrected chi connectivity index (χ1v) is 12.0. The molecule has 1 aliphatic rings. The Labute approximate surface area is 198 Å². The molecule has 0 aliphatic carbocycles. The quantitative estimate of drug-likeness (QED) is 0.536. The highest BCUT2D eigenvalue weighted by Crippen LogP contribution is 2.36. The average molecular weight is 461 g/mol. The number of hydrogen-bond donors (Lipinski definition) is 2. The summed E-state index contributed by atoms with van der Waals surface area (Å²) in [4.78, 5) is 32.1. The predicted octanol–water partition coefficient (Wildman–Crippen LogP) is 5.38. The van der Waals surface area contributed by atoms with Crippen LogP contribution in [0.15, 0.2) is 65.7 Å². The summed E-state index contributed by atoms with van der Waals surface area (Å²) in [5, 5.41) is 6.83. The molecule has 3 amide bonds. The third-order valence-corrected chi connectivity index (χ3v) is 6.61. The maximum absolute atomic E-state index is 13.1. The zero-order valence-electron chi connectivity index (χ0n) is 19.1. The highest BCUT2D eigenvalue weighted by molar-refractivity contribution is 7.99. The summed E-state index contributed by atoms with van der Waals surface area (Å²) < 4.78 is 0. The van der Waals surface area contributed by atoms with E-state index >= 15 is 0 Å². The molecule has 170 valence electrons. The van der Waals surface area contributed by atoms with E-state index in [1.165, 1.54) is 5.56 Å². The molecule has 4 rings (SSSR count). The van der Waals surface area contributed by atoms with Crippen LogP contribution in [0.3, 0.4) is 0 Å². The van der Waals surface area contributed by atoms with Crippen LogP contribution in [0, 0.1) is 13.8 Å². The van der Waals surface area contributed by atoms with Crippen molar-refractivity contribution in [3.05, 3.63) is 83.0 Å². The lowest BCUT2D eigenvalue weighted by Crippen LogP contribution is -2.39. The topological polar surface area (TPSA) is 74.3 Å². The van der Waals surface area contributed by atoms with Gasteiger partial charge in [-0.3, -0.25) is 9.69 Å². The van der Waals surface area contributed by atoms with Gasteiger partial charge in [0.1, 0.15) is 5.03 Å². The van der Waals surface area contributed by atoms with Crippen LogP contribution in [0.2, 0.25) is 0 Å². The van der Waals surface area contributed by atoms with Crippen molar-refractivity contribution in [2.24, 2.45) is 0 Å². The molecule has 1 aliphatic heterocycles. The van der Waals surface area contributed by atoms with Gasteiger partial charge in [0.05, 0.1) is 5.69 Å². The fraction of sp³-hybridized carbons (Fsp3) is 0.269. The fourth-order valence-corrected chi connectivity index (χ4v) is 5.03. The molecule has 7 heteroatoms. The van der Waals surface area contributed by atoms with Crippen LogP contribution in [-0.2, 0) is 0 Å². The van der Waals surface area contributed by atoms with Crippen LogP contribution in [0.4, 0.5) is 16.2 Å². The second-order valence-corrected chi connectivity index (χ2v) is 9.35. The molecule has 0 fully saturated rings. The fourth-order valence-electron chi connectivity index (χ4n) is 3.95. The van der Waals surface area contributed by atoms with Crippen molar-refractivity contribution in [2.75, 3.05) is 29.1 Å². The Kier molecular flexibility index (Phi) is 6.99. The number of fused-ring (bicyclic) bond motifs is 1. The van der Waals surface area contributed by atoms with Crippen LogP contribution in [0.1, 0.15) is 40.0 Å². The number of rotatable bonds is 5. The number of anilines is 2. The molecule has 0 spiro atoms. The minimum atomic E-state index is -0.222. The standard InChI is InChI=1S/C26H28N4O2S/c1-17-14-19(3)28-25-23(17)30(12-13-33-25)26(32)29-22-11-7-10-21(15-22)24(31)27-16-18(2)20-8-5-4-6-9-20/h4-11,14-15,18H,12-13,16H2,1-3H3,(H,27,31)(H,29,32). The van der Waals surface area contributed by atoms with Gasteiger partial charge in [0.15, 0.2) is 0 Å². The van der Waals surface area contributed by atoms with E-state index in [0.29, 0.717) is 24.3 Å². The number of carbonyl (C=O) groups is 2. The molecule has 0 saturated carbocycles. The number of hydrogen-bond acceptors (Lipinski definition) is 4.